The van der Waals surface area contributed by atoms with Crippen LogP contribution in [-0.2, 0) is 6.54 Å². The lowest BCUT2D eigenvalue weighted by Gasteiger charge is -2.07. The van der Waals surface area contributed by atoms with E-state index in [0.717, 1.165) is 22.3 Å². The molecule has 0 bridgehead atoms. The number of anilines is 1. The molecular formula is C17H13F2N3OS. The summed E-state index contributed by atoms with van der Waals surface area (Å²) in [4.78, 5) is 16.2. The fourth-order valence-electron chi connectivity index (χ4n) is 2.05. The van der Waals surface area contributed by atoms with E-state index in [-0.39, 0.29) is 12.2 Å². The predicted molar refractivity (Wildman–Crippen MR) is 89.8 cm³/mol. The normalized spacial score (nSPS) is 10.4. The lowest BCUT2D eigenvalue weighted by atomic mass is 10.2. The minimum Gasteiger partial charge on any atom is -0.331 e. The Morgan fingerprint density at radius 2 is 1.92 bits per heavy atom. The van der Waals surface area contributed by atoms with Gasteiger partial charge >= 0.3 is 6.03 Å². The maximum absolute atomic E-state index is 13.5. The first-order chi connectivity index (χ1) is 11.6. The Kier molecular flexibility index (Phi) is 4.81. The molecule has 3 aromatic rings. The van der Waals surface area contributed by atoms with Gasteiger partial charge in [0, 0.05) is 17.0 Å². The largest absolute Gasteiger partial charge is 0.331 e. The van der Waals surface area contributed by atoms with E-state index in [9.17, 15) is 13.6 Å². The lowest BCUT2D eigenvalue weighted by Crippen LogP contribution is -2.28. The lowest BCUT2D eigenvalue weighted by molar-refractivity contribution is 0.251. The van der Waals surface area contributed by atoms with Crippen LogP contribution in [0.25, 0.3) is 11.3 Å². The molecule has 4 nitrogen and oxygen atoms in total. The summed E-state index contributed by atoms with van der Waals surface area (Å²) in [6, 6.07) is 12.1. The van der Waals surface area contributed by atoms with Gasteiger partial charge in [-0.15, -0.1) is 11.3 Å². The third-order valence-corrected chi connectivity index (χ3v) is 4.05. The van der Waals surface area contributed by atoms with Crippen molar-refractivity contribution in [1.29, 1.82) is 0 Å². The monoisotopic (exact) mass is 345 g/mol. The molecule has 0 atom stereocenters. The highest BCUT2D eigenvalue weighted by molar-refractivity contribution is 7.09. The number of carbonyl (C=O) groups is 1. The molecule has 7 heteroatoms. The van der Waals surface area contributed by atoms with Crippen molar-refractivity contribution in [3.05, 3.63) is 70.6 Å². The second-order valence-corrected chi connectivity index (χ2v) is 5.87. The first-order valence-corrected chi connectivity index (χ1v) is 7.99. The molecule has 3 rings (SSSR count). The van der Waals surface area contributed by atoms with Crippen molar-refractivity contribution in [3.63, 3.8) is 0 Å². The number of thiazole rings is 1. The summed E-state index contributed by atoms with van der Waals surface area (Å²) in [5, 5.41) is 7.55. The van der Waals surface area contributed by atoms with E-state index >= 15 is 0 Å². The number of amides is 2. The number of nitrogens with zero attached hydrogens (tertiary/aromatic N) is 1. The molecule has 1 aromatic heterocycles. The first-order valence-electron chi connectivity index (χ1n) is 7.11. The topological polar surface area (TPSA) is 54.0 Å². The van der Waals surface area contributed by atoms with Gasteiger partial charge in [0.05, 0.1) is 17.9 Å². The van der Waals surface area contributed by atoms with E-state index in [1.54, 1.807) is 0 Å². The van der Waals surface area contributed by atoms with Crippen molar-refractivity contribution in [2.24, 2.45) is 0 Å². The molecule has 2 N–H and O–H groups in total. The van der Waals surface area contributed by atoms with Crippen molar-refractivity contribution in [2.75, 3.05) is 5.32 Å². The average molecular weight is 345 g/mol. The van der Waals surface area contributed by atoms with Crippen molar-refractivity contribution in [2.45, 2.75) is 6.54 Å². The second kappa shape index (κ2) is 7.18. The van der Waals surface area contributed by atoms with Crippen LogP contribution in [-0.4, -0.2) is 11.0 Å². The van der Waals surface area contributed by atoms with Gasteiger partial charge in [-0.3, -0.25) is 0 Å². The summed E-state index contributed by atoms with van der Waals surface area (Å²) in [7, 11) is 0. The zero-order valence-electron chi connectivity index (χ0n) is 12.4. The molecule has 24 heavy (non-hydrogen) atoms. The van der Waals surface area contributed by atoms with Crippen LogP contribution in [0.15, 0.2) is 53.9 Å². The third kappa shape index (κ3) is 3.94. The van der Waals surface area contributed by atoms with Gasteiger partial charge in [-0.2, -0.15) is 0 Å². The number of urea groups is 1. The molecule has 2 amide bonds. The second-order valence-electron chi connectivity index (χ2n) is 4.92. The van der Waals surface area contributed by atoms with Crippen LogP contribution in [0, 0.1) is 11.6 Å². The highest BCUT2D eigenvalue weighted by Crippen LogP contribution is 2.21. The van der Waals surface area contributed by atoms with Gasteiger partial charge < -0.3 is 10.6 Å². The Hall–Kier alpha value is -2.80. The zero-order valence-corrected chi connectivity index (χ0v) is 13.2. The summed E-state index contributed by atoms with van der Waals surface area (Å²) in [5.41, 5.74) is 1.75. The van der Waals surface area contributed by atoms with E-state index in [1.165, 1.54) is 17.4 Å². The predicted octanol–water partition coefficient (Wildman–Crippen LogP) is 4.41. The number of hydrogen-bond acceptors (Lipinski definition) is 3. The zero-order chi connectivity index (χ0) is 16.9. The summed E-state index contributed by atoms with van der Waals surface area (Å²) < 4.78 is 26.3. The Balaban J connectivity index is 1.58. The number of aromatic nitrogens is 1. The third-order valence-electron chi connectivity index (χ3n) is 3.20. The van der Waals surface area contributed by atoms with E-state index in [1.807, 2.05) is 35.7 Å². The standard InChI is InChI=1S/C17H13F2N3OS/c18-12-6-7-14(13(19)8-12)22-17(23)20-9-16-21-15(10-24-16)11-4-2-1-3-5-11/h1-8,10H,9H2,(H2,20,22,23). The number of halogens is 2. The maximum atomic E-state index is 13.5. The molecule has 0 aliphatic carbocycles. The van der Waals surface area contributed by atoms with E-state index < -0.39 is 17.7 Å². The van der Waals surface area contributed by atoms with Crippen molar-refractivity contribution in [1.82, 2.24) is 10.3 Å². The van der Waals surface area contributed by atoms with Crippen LogP contribution in [0.5, 0.6) is 0 Å². The fraction of sp³-hybridized carbons (Fsp3) is 0.0588. The van der Waals surface area contributed by atoms with Crippen LogP contribution < -0.4 is 10.6 Å². The average Bonchev–Trinajstić information content (AvgIpc) is 3.05. The van der Waals surface area contributed by atoms with E-state index in [0.29, 0.717) is 6.07 Å². The minimum atomic E-state index is -0.828. The highest BCUT2D eigenvalue weighted by Gasteiger charge is 2.09. The summed E-state index contributed by atoms with van der Waals surface area (Å²) in [6.07, 6.45) is 0. The Morgan fingerprint density at radius 1 is 1.12 bits per heavy atom. The molecule has 2 aromatic carbocycles. The molecule has 0 aliphatic rings. The van der Waals surface area contributed by atoms with Crippen molar-refractivity contribution in [3.8, 4) is 11.3 Å². The molecule has 0 fully saturated rings. The molecule has 0 aliphatic heterocycles. The van der Waals surface area contributed by atoms with Gasteiger partial charge in [0.15, 0.2) is 0 Å². The molecule has 122 valence electrons. The molecule has 1 heterocycles. The van der Waals surface area contributed by atoms with Crippen molar-refractivity contribution >= 4 is 23.1 Å². The Morgan fingerprint density at radius 3 is 2.67 bits per heavy atom. The molecular weight excluding hydrogens is 332 g/mol. The Labute approximate surface area is 141 Å². The van der Waals surface area contributed by atoms with Gasteiger partial charge in [0.1, 0.15) is 16.6 Å². The van der Waals surface area contributed by atoms with Gasteiger partial charge in [0.25, 0.3) is 0 Å². The number of hydrogen-bond donors (Lipinski definition) is 2. The van der Waals surface area contributed by atoms with Gasteiger partial charge in [-0.05, 0) is 12.1 Å². The van der Waals surface area contributed by atoms with Crippen LogP contribution in [0.3, 0.4) is 0 Å². The molecule has 0 spiro atoms. The SMILES string of the molecule is O=C(NCc1nc(-c2ccccc2)cs1)Nc1ccc(F)cc1F. The molecule has 0 saturated heterocycles. The van der Waals surface area contributed by atoms with Gasteiger partial charge in [-0.25, -0.2) is 18.6 Å². The molecule has 0 radical (unpaired) electrons. The van der Waals surface area contributed by atoms with Crippen LogP contribution >= 0.6 is 11.3 Å². The smallest absolute Gasteiger partial charge is 0.319 e. The van der Waals surface area contributed by atoms with E-state index in [4.69, 9.17) is 0 Å². The van der Waals surface area contributed by atoms with E-state index in [2.05, 4.69) is 15.6 Å². The minimum absolute atomic E-state index is 0.0852. The van der Waals surface area contributed by atoms with Crippen molar-refractivity contribution < 1.29 is 13.6 Å². The number of carbonyl (C=O) groups excluding carboxylic acids is 1. The number of benzene rings is 2. The Bertz CT molecular complexity index is 852. The van der Waals surface area contributed by atoms with Gasteiger partial charge in [-0.1, -0.05) is 30.3 Å². The molecule has 0 saturated carbocycles. The summed E-state index contributed by atoms with van der Waals surface area (Å²) in [6.45, 7) is 0.214. The van der Waals surface area contributed by atoms with Crippen LogP contribution in [0.4, 0.5) is 19.3 Å². The quantitative estimate of drug-likeness (QED) is 0.736. The molecule has 0 unspecified atom stereocenters. The maximum Gasteiger partial charge on any atom is 0.319 e. The van der Waals surface area contributed by atoms with Gasteiger partial charge in [0.2, 0.25) is 0 Å². The fourth-order valence-corrected chi connectivity index (χ4v) is 2.79. The van der Waals surface area contributed by atoms with Crippen LogP contribution in [0.1, 0.15) is 5.01 Å². The number of rotatable bonds is 4. The summed E-state index contributed by atoms with van der Waals surface area (Å²) in [5.74, 6) is -1.53. The summed E-state index contributed by atoms with van der Waals surface area (Å²) >= 11 is 1.42. The highest BCUT2D eigenvalue weighted by atomic mass is 32.1. The first kappa shape index (κ1) is 16.1. The van der Waals surface area contributed by atoms with Crippen LogP contribution in [0.2, 0.25) is 0 Å². The number of nitrogens with one attached hydrogen (secondary N) is 2.